The lowest BCUT2D eigenvalue weighted by atomic mass is 9.86. The number of hydrogen-bond donors (Lipinski definition) is 2. The van der Waals surface area contributed by atoms with E-state index in [0.29, 0.717) is 51.9 Å². The van der Waals surface area contributed by atoms with Crippen LogP contribution in [-0.4, -0.2) is 52.4 Å². The van der Waals surface area contributed by atoms with Crippen LogP contribution >= 0.6 is 0 Å². The number of pyridine rings is 2. The summed E-state index contributed by atoms with van der Waals surface area (Å²) in [7, 11) is 1.52. The van der Waals surface area contributed by atoms with Crippen molar-refractivity contribution in [1.29, 1.82) is 0 Å². The lowest BCUT2D eigenvalue weighted by molar-refractivity contribution is 0.111. The first-order valence-electron chi connectivity index (χ1n) is 10.0. The van der Waals surface area contributed by atoms with Gasteiger partial charge >= 0.3 is 0 Å². The number of H-pyrrole nitrogens is 1. The Hall–Kier alpha value is -4.18. The highest BCUT2D eigenvalue weighted by molar-refractivity contribution is 5.80. The molecule has 0 radical (unpaired) electrons. The van der Waals surface area contributed by atoms with E-state index in [9.17, 15) is 5.11 Å². The Kier molecular flexibility index (Phi) is 4.83. The number of imidazole rings is 1. The highest BCUT2D eigenvalue weighted by atomic mass is 16.5. The first-order chi connectivity index (χ1) is 15.7. The number of ether oxygens (including phenoxy) is 1. The number of benzene rings is 1. The number of aliphatic hydroxyl groups is 1. The van der Waals surface area contributed by atoms with Crippen LogP contribution in [0.25, 0.3) is 22.6 Å². The van der Waals surface area contributed by atoms with Gasteiger partial charge in [-0.05, 0) is 35.0 Å². The zero-order valence-electron chi connectivity index (χ0n) is 17.5. The number of nitrogens with zero attached hydrogens (tertiary/aromatic N) is 7. The molecule has 1 atom stereocenters. The summed E-state index contributed by atoms with van der Waals surface area (Å²) in [5.41, 5.74) is 1.47. The zero-order valence-corrected chi connectivity index (χ0v) is 17.5. The standard InChI is InChI=1S/C22H20N8O2/c1-3-30-17-12-16(18-26-28-29-27-18)20(32-2)24-19(17)25-21(30)22(31,14-8-5-4-6-9-14)15-10-7-11-23-13-15/h4-13,31H,3H2,1-2H3,(H,26,27,28,29). The molecule has 0 bridgehead atoms. The maximum absolute atomic E-state index is 12.2. The summed E-state index contributed by atoms with van der Waals surface area (Å²) in [6, 6.07) is 14.9. The van der Waals surface area contributed by atoms with Gasteiger partial charge < -0.3 is 14.4 Å². The van der Waals surface area contributed by atoms with Crippen LogP contribution < -0.4 is 4.74 Å². The maximum atomic E-state index is 12.2. The predicted molar refractivity (Wildman–Crippen MR) is 116 cm³/mol. The third kappa shape index (κ3) is 3.00. The molecule has 0 aliphatic rings. The second-order valence-corrected chi connectivity index (χ2v) is 7.14. The molecule has 5 rings (SSSR count). The molecule has 10 nitrogen and oxygen atoms in total. The van der Waals surface area contributed by atoms with Crippen LogP contribution in [0.15, 0.2) is 60.9 Å². The van der Waals surface area contributed by atoms with E-state index in [-0.39, 0.29) is 0 Å². The number of aromatic nitrogens is 8. The van der Waals surface area contributed by atoms with Crippen molar-refractivity contribution in [2.75, 3.05) is 7.11 Å². The monoisotopic (exact) mass is 428 g/mol. The minimum atomic E-state index is -1.55. The molecule has 4 aromatic heterocycles. The summed E-state index contributed by atoms with van der Waals surface area (Å²) in [5.74, 6) is 1.18. The van der Waals surface area contributed by atoms with Crippen LogP contribution in [0, 0.1) is 0 Å². The second kappa shape index (κ2) is 7.82. The van der Waals surface area contributed by atoms with Crippen molar-refractivity contribution < 1.29 is 9.84 Å². The lowest BCUT2D eigenvalue weighted by Gasteiger charge is -2.29. The number of fused-ring (bicyclic) bond motifs is 1. The van der Waals surface area contributed by atoms with Gasteiger partial charge in [0.05, 0.1) is 18.2 Å². The van der Waals surface area contributed by atoms with Crippen molar-refractivity contribution in [3.8, 4) is 17.3 Å². The number of methoxy groups -OCH3 is 1. The van der Waals surface area contributed by atoms with Crippen LogP contribution in [0.4, 0.5) is 0 Å². The summed E-state index contributed by atoms with van der Waals surface area (Å²) in [6.45, 7) is 2.53. The van der Waals surface area contributed by atoms with Gasteiger partial charge in [0.1, 0.15) is 0 Å². The smallest absolute Gasteiger partial charge is 0.226 e. The molecule has 0 aliphatic heterocycles. The fourth-order valence-electron chi connectivity index (χ4n) is 3.91. The number of hydrogen-bond acceptors (Lipinski definition) is 8. The number of rotatable bonds is 6. The zero-order chi connectivity index (χ0) is 22.1. The molecule has 5 aromatic rings. The summed E-state index contributed by atoms with van der Waals surface area (Å²) < 4.78 is 7.39. The van der Waals surface area contributed by atoms with Gasteiger partial charge in [0.25, 0.3) is 0 Å². The van der Waals surface area contributed by atoms with Crippen LogP contribution in [0.5, 0.6) is 5.88 Å². The highest BCUT2D eigenvalue weighted by Gasteiger charge is 2.39. The number of aryl methyl sites for hydroxylation is 1. The third-order valence-corrected chi connectivity index (χ3v) is 5.41. The van der Waals surface area contributed by atoms with E-state index in [4.69, 9.17) is 9.72 Å². The molecule has 160 valence electrons. The molecule has 0 spiro atoms. The fourth-order valence-corrected chi connectivity index (χ4v) is 3.91. The number of tetrazole rings is 1. The molecule has 0 fully saturated rings. The van der Waals surface area contributed by atoms with E-state index in [0.717, 1.165) is 0 Å². The summed E-state index contributed by atoms with van der Waals surface area (Å²) in [4.78, 5) is 13.6. The Bertz CT molecular complexity index is 1310. The molecule has 1 unspecified atom stereocenters. The van der Waals surface area contributed by atoms with Crippen molar-refractivity contribution in [3.63, 3.8) is 0 Å². The summed E-state index contributed by atoms with van der Waals surface area (Å²) >= 11 is 0. The van der Waals surface area contributed by atoms with Gasteiger partial charge in [-0.25, -0.2) is 10.1 Å². The van der Waals surface area contributed by atoms with E-state index in [1.807, 2.05) is 54.0 Å². The minimum absolute atomic E-state index is 0.327. The van der Waals surface area contributed by atoms with Crippen molar-refractivity contribution in [2.24, 2.45) is 0 Å². The van der Waals surface area contributed by atoms with Crippen molar-refractivity contribution >= 4 is 11.2 Å². The van der Waals surface area contributed by atoms with Gasteiger partial charge in [-0.2, -0.15) is 4.98 Å². The lowest BCUT2D eigenvalue weighted by Crippen LogP contribution is -2.32. The molecule has 4 heterocycles. The molecular formula is C22H20N8O2. The first-order valence-corrected chi connectivity index (χ1v) is 10.0. The molecule has 1 aromatic carbocycles. The maximum Gasteiger partial charge on any atom is 0.226 e. The molecular weight excluding hydrogens is 408 g/mol. The van der Waals surface area contributed by atoms with Crippen LogP contribution in [-0.2, 0) is 12.1 Å². The van der Waals surface area contributed by atoms with Crippen LogP contribution in [0.1, 0.15) is 23.9 Å². The first kappa shape index (κ1) is 19.8. The molecule has 0 saturated carbocycles. The Morgan fingerprint density at radius 2 is 1.91 bits per heavy atom. The molecule has 32 heavy (non-hydrogen) atoms. The van der Waals surface area contributed by atoms with Gasteiger partial charge in [0, 0.05) is 24.5 Å². The summed E-state index contributed by atoms with van der Waals surface area (Å²) in [6.07, 6.45) is 3.31. The SMILES string of the molecule is CCn1c(C(O)(c2ccccc2)c2cccnc2)nc2nc(OC)c(-c3nnn[nH]3)cc21. The molecule has 0 amide bonds. The quantitative estimate of drug-likeness (QED) is 0.422. The average Bonchev–Trinajstić information content (AvgIpc) is 3.51. The summed E-state index contributed by atoms with van der Waals surface area (Å²) in [5, 5.41) is 26.2. The molecule has 0 saturated heterocycles. The molecule has 2 N–H and O–H groups in total. The minimum Gasteiger partial charge on any atom is -0.480 e. The van der Waals surface area contributed by atoms with E-state index in [2.05, 4.69) is 30.6 Å². The third-order valence-electron chi connectivity index (χ3n) is 5.41. The van der Waals surface area contributed by atoms with Crippen LogP contribution in [0.2, 0.25) is 0 Å². The van der Waals surface area contributed by atoms with E-state index in [1.165, 1.54) is 7.11 Å². The Morgan fingerprint density at radius 3 is 2.56 bits per heavy atom. The Labute approximate surface area is 183 Å². The van der Waals surface area contributed by atoms with E-state index >= 15 is 0 Å². The topological polar surface area (TPSA) is 128 Å². The van der Waals surface area contributed by atoms with Gasteiger partial charge in [-0.15, -0.1) is 5.10 Å². The molecule has 10 heteroatoms. The van der Waals surface area contributed by atoms with Gasteiger partial charge in [-0.1, -0.05) is 36.4 Å². The van der Waals surface area contributed by atoms with Gasteiger partial charge in [0.2, 0.25) is 5.88 Å². The Balaban J connectivity index is 1.82. The average molecular weight is 428 g/mol. The van der Waals surface area contributed by atoms with Crippen molar-refractivity contribution in [1.82, 2.24) is 40.1 Å². The van der Waals surface area contributed by atoms with Gasteiger partial charge in [-0.3, -0.25) is 4.98 Å². The Morgan fingerprint density at radius 1 is 1.09 bits per heavy atom. The van der Waals surface area contributed by atoms with E-state index < -0.39 is 5.60 Å². The van der Waals surface area contributed by atoms with Crippen molar-refractivity contribution in [3.05, 3.63) is 77.9 Å². The van der Waals surface area contributed by atoms with E-state index in [1.54, 1.807) is 18.5 Å². The van der Waals surface area contributed by atoms with Gasteiger partial charge in [0.15, 0.2) is 22.9 Å². The van der Waals surface area contributed by atoms with Crippen LogP contribution in [0.3, 0.4) is 0 Å². The second-order valence-electron chi connectivity index (χ2n) is 7.14. The fraction of sp³-hybridized carbons (Fsp3) is 0.182. The number of nitrogens with one attached hydrogen (secondary N) is 1. The van der Waals surface area contributed by atoms with Crippen molar-refractivity contribution in [2.45, 2.75) is 19.1 Å². The predicted octanol–water partition coefficient (Wildman–Crippen LogP) is 2.32. The largest absolute Gasteiger partial charge is 0.480 e. The number of aromatic amines is 1. The molecule has 0 aliphatic carbocycles. The normalized spacial score (nSPS) is 13.2. The highest BCUT2D eigenvalue weighted by Crippen LogP contribution is 2.38.